The number of hydrogen-bond donors (Lipinski definition) is 1. The number of likely N-dealkylation sites (N-methyl/N-ethyl adjacent to an activating group) is 2. The van der Waals surface area contributed by atoms with Crippen molar-refractivity contribution in [1.82, 2.24) is 10.2 Å². The first kappa shape index (κ1) is 17.9. The highest BCUT2D eigenvalue weighted by molar-refractivity contribution is 7.17. The Balaban J connectivity index is 0.000000240. The molecule has 0 aliphatic carbocycles. The van der Waals surface area contributed by atoms with E-state index in [4.69, 9.17) is 0 Å². The van der Waals surface area contributed by atoms with Crippen molar-refractivity contribution in [3.05, 3.63) is 35.2 Å². The Bertz CT molecular complexity index is 535. The molecule has 0 saturated heterocycles. The summed E-state index contributed by atoms with van der Waals surface area (Å²) in [6, 6.07) is 5.59. The van der Waals surface area contributed by atoms with Crippen LogP contribution in [0.5, 0.6) is 0 Å². The fourth-order valence-corrected chi connectivity index (χ4v) is 2.44. The third kappa shape index (κ3) is 6.46. The van der Waals surface area contributed by atoms with E-state index in [9.17, 15) is 13.2 Å². The summed E-state index contributed by atoms with van der Waals surface area (Å²) in [5.74, 6) is 0. The van der Waals surface area contributed by atoms with Gasteiger partial charge < -0.3 is 10.2 Å². The number of benzene rings is 1. The third-order valence-electron chi connectivity index (χ3n) is 2.77. The Morgan fingerprint density at radius 2 is 1.90 bits per heavy atom. The Labute approximate surface area is 127 Å². The van der Waals surface area contributed by atoms with Crippen molar-refractivity contribution < 1.29 is 13.2 Å². The molecule has 2 aromatic rings. The van der Waals surface area contributed by atoms with Crippen molar-refractivity contribution in [2.45, 2.75) is 13.1 Å². The van der Waals surface area contributed by atoms with Crippen molar-refractivity contribution in [1.29, 1.82) is 0 Å². The monoisotopic (exact) mass is 318 g/mol. The maximum atomic E-state index is 12.2. The number of thiophene rings is 1. The van der Waals surface area contributed by atoms with Gasteiger partial charge in [-0.1, -0.05) is 13.0 Å². The Morgan fingerprint density at radius 3 is 2.48 bits per heavy atom. The van der Waals surface area contributed by atoms with Gasteiger partial charge in [-0.25, -0.2) is 0 Å². The second-order valence-corrected chi connectivity index (χ2v) is 5.78. The van der Waals surface area contributed by atoms with Crippen molar-refractivity contribution in [2.75, 3.05) is 33.7 Å². The highest BCUT2D eigenvalue weighted by Crippen LogP contribution is 2.32. The molecule has 2 nitrogen and oxygen atoms in total. The molecule has 0 spiro atoms. The largest absolute Gasteiger partial charge is 0.416 e. The predicted octanol–water partition coefficient (Wildman–Crippen LogP) is 4.08. The summed E-state index contributed by atoms with van der Waals surface area (Å²) in [7, 11) is 4.16. The molecule has 0 amide bonds. The predicted molar refractivity (Wildman–Crippen MR) is 83.9 cm³/mol. The molecule has 0 fully saturated rings. The number of fused-ring (bicyclic) bond motifs is 1. The van der Waals surface area contributed by atoms with Gasteiger partial charge in [0, 0.05) is 17.8 Å². The van der Waals surface area contributed by atoms with Crippen molar-refractivity contribution >= 4 is 21.4 Å². The molecule has 1 N–H and O–H groups in total. The van der Waals surface area contributed by atoms with Crippen LogP contribution in [-0.2, 0) is 6.18 Å². The molecule has 0 unspecified atom stereocenters. The molecule has 1 aromatic carbocycles. The first-order chi connectivity index (χ1) is 9.84. The lowest BCUT2D eigenvalue weighted by Crippen LogP contribution is -2.26. The molecule has 0 aliphatic heterocycles. The second kappa shape index (κ2) is 8.36. The summed E-state index contributed by atoms with van der Waals surface area (Å²) in [5, 5.41) is 5.88. The van der Waals surface area contributed by atoms with Crippen molar-refractivity contribution in [2.24, 2.45) is 0 Å². The van der Waals surface area contributed by atoms with Gasteiger partial charge in [-0.05, 0) is 49.6 Å². The minimum Gasteiger partial charge on any atom is -0.316 e. The van der Waals surface area contributed by atoms with E-state index >= 15 is 0 Å². The summed E-state index contributed by atoms with van der Waals surface area (Å²) in [5.41, 5.74) is -0.581. The summed E-state index contributed by atoms with van der Waals surface area (Å²) in [4.78, 5) is 2.17. The number of nitrogens with one attached hydrogen (secondary N) is 1. The zero-order valence-corrected chi connectivity index (χ0v) is 13.3. The standard InChI is InChI=1S/C9H5F3S.C6H16N2/c10-9(11,12)7-2-1-6-3-4-13-8(6)5-7;1-4-7-5-6-8(2)3/h1-5H;7H,4-6H2,1-3H3. The van der Waals surface area contributed by atoms with Crippen LogP contribution in [0.4, 0.5) is 13.2 Å². The van der Waals surface area contributed by atoms with Crippen LogP contribution in [0.1, 0.15) is 12.5 Å². The van der Waals surface area contributed by atoms with Gasteiger partial charge in [0.1, 0.15) is 0 Å². The lowest BCUT2D eigenvalue weighted by Gasteiger charge is -2.08. The van der Waals surface area contributed by atoms with E-state index < -0.39 is 11.7 Å². The number of hydrogen-bond acceptors (Lipinski definition) is 3. The molecular weight excluding hydrogens is 297 g/mol. The number of alkyl halides is 3. The second-order valence-electron chi connectivity index (χ2n) is 4.83. The van der Waals surface area contributed by atoms with E-state index in [-0.39, 0.29) is 0 Å². The molecule has 21 heavy (non-hydrogen) atoms. The van der Waals surface area contributed by atoms with E-state index in [0.717, 1.165) is 31.1 Å². The van der Waals surface area contributed by atoms with E-state index in [1.807, 2.05) is 0 Å². The average Bonchev–Trinajstić information content (AvgIpc) is 2.85. The highest BCUT2D eigenvalue weighted by Gasteiger charge is 2.30. The van der Waals surface area contributed by atoms with Crippen LogP contribution in [0.15, 0.2) is 29.6 Å². The van der Waals surface area contributed by atoms with Gasteiger partial charge in [0.05, 0.1) is 5.56 Å². The SMILES string of the molecule is CCNCCN(C)C.FC(F)(F)c1ccc2ccsc2c1. The summed E-state index contributed by atoms with van der Waals surface area (Å²) in [6.45, 7) is 5.43. The van der Waals surface area contributed by atoms with E-state index in [2.05, 4.69) is 31.2 Å². The van der Waals surface area contributed by atoms with Crippen LogP contribution in [0.3, 0.4) is 0 Å². The molecule has 0 aliphatic rings. The molecule has 6 heteroatoms. The molecule has 1 heterocycles. The average molecular weight is 318 g/mol. The Hall–Kier alpha value is -1.11. The molecule has 0 bridgehead atoms. The van der Waals surface area contributed by atoms with Crippen LogP contribution in [0.25, 0.3) is 10.1 Å². The highest BCUT2D eigenvalue weighted by atomic mass is 32.1. The lowest BCUT2D eigenvalue weighted by atomic mass is 10.2. The topological polar surface area (TPSA) is 15.3 Å². The first-order valence-electron chi connectivity index (χ1n) is 6.74. The third-order valence-corrected chi connectivity index (χ3v) is 3.65. The van der Waals surface area contributed by atoms with Gasteiger partial charge in [-0.15, -0.1) is 11.3 Å². The van der Waals surface area contributed by atoms with Crippen LogP contribution in [0.2, 0.25) is 0 Å². The number of nitrogens with zero attached hydrogens (tertiary/aromatic N) is 1. The summed E-state index contributed by atoms with van der Waals surface area (Å²) in [6.07, 6.45) is -4.24. The summed E-state index contributed by atoms with van der Waals surface area (Å²) >= 11 is 1.32. The Kier molecular flexibility index (Phi) is 7.14. The fraction of sp³-hybridized carbons (Fsp3) is 0.467. The zero-order chi connectivity index (χ0) is 15.9. The van der Waals surface area contributed by atoms with Crippen LogP contribution >= 0.6 is 11.3 Å². The van der Waals surface area contributed by atoms with Crippen molar-refractivity contribution in [3.8, 4) is 0 Å². The smallest absolute Gasteiger partial charge is 0.316 e. The van der Waals surface area contributed by atoms with Crippen LogP contribution in [-0.4, -0.2) is 38.6 Å². The molecule has 0 saturated carbocycles. The zero-order valence-electron chi connectivity index (χ0n) is 12.5. The van der Waals surface area contributed by atoms with Crippen LogP contribution in [0, 0.1) is 0 Å². The molecular formula is C15H21F3N2S. The van der Waals surface area contributed by atoms with Gasteiger partial charge in [-0.3, -0.25) is 0 Å². The maximum absolute atomic E-state index is 12.2. The van der Waals surface area contributed by atoms with Crippen molar-refractivity contribution in [3.63, 3.8) is 0 Å². The molecule has 0 atom stereocenters. The summed E-state index contributed by atoms with van der Waals surface area (Å²) < 4.78 is 37.4. The fourth-order valence-electron chi connectivity index (χ4n) is 1.61. The molecule has 2 rings (SSSR count). The quantitative estimate of drug-likeness (QED) is 0.855. The molecule has 1 aromatic heterocycles. The van der Waals surface area contributed by atoms with E-state index in [1.165, 1.54) is 23.5 Å². The number of halogens is 3. The minimum atomic E-state index is -4.24. The Morgan fingerprint density at radius 1 is 1.19 bits per heavy atom. The van der Waals surface area contributed by atoms with Crippen LogP contribution < -0.4 is 5.32 Å². The van der Waals surface area contributed by atoms with Gasteiger partial charge in [0.15, 0.2) is 0 Å². The maximum Gasteiger partial charge on any atom is 0.416 e. The van der Waals surface area contributed by atoms with Gasteiger partial charge in [0.25, 0.3) is 0 Å². The van der Waals surface area contributed by atoms with Gasteiger partial charge >= 0.3 is 6.18 Å². The lowest BCUT2D eigenvalue weighted by molar-refractivity contribution is -0.137. The number of rotatable bonds is 4. The molecule has 118 valence electrons. The molecule has 0 radical (unpaired) electrons. The first-order valence-corrected chi connectivity index (χ1v) is 7.62. The normalized spacial score (nSPS) is 11.6. The van der Waals surface area contributed by atoms with Gasteiger partial charge in [0.2, 0.25) is 0 Å². The van der Waals surface area contributed by atoms with Gasteiger partial charge in [-0.2, -0.15) is 13.2 Å². The van der Waals surface area contributed by atoms with E-state index in [1.54, 1.807) is 11.4 Å². The van der Waals surface area contributed by atoms with E-state index in [0.29, 0.717) is 4.70 Å². The minimum absolute atomic E-state index is 0.581.